The minimum absolute atomic E-state index is 0.304. The lowest BCUT2D eigenvalue weighted by atomic mass is 10.2. The molecular formula is C17H15N3O3S. The van der Waals surface area contributed by atoms with Crippen LogP contribution >= 0.6 is 11.3 Å². The molecule has 0 aliphatic carbocycles. The van der Waals surface area contributed by atoms with E-state index in [1.807, 2.05) is 7.05 Å². The van der Waals surface area contributed by atoms with Crippen molar-refractivity contribution in [3.05, 3.63) is 58.5 Å². The number of esters is 1. The van der Waals surface area contributed by atoms with E-state index in [1.165, 1.54) is 11.3 Å². The normalized spacial score (nSPS) is 10.6. The fourth-order valence-corrected chi connectivity index (χ4v) is 3.10. The van der Waals surface area contributed by atoms with Gasteiger partial charge in [-0.15, -0.1) is 0 Å². The molecule has 7 heteroatoms. The van der Waals surface area contributed by atoms with Crippen LogP contribution in [-0.2, 0) is 4.74 Å². The Morgan fingerprint density at radius 3 is 2.71 bits per heavy atom. The van der Waals surface area contributed by atoms with Gasteiger partial charge in [0.2, 0.25) is 0 Å². The van der Waals surface area contributed by atoms with Crippen LogP contribution in [0.15, 0.2) is 47.4 Å². The summed E-state index contributed by atoms with van der Waals surface area (Å²) in [5.41, 5.74) is 0.985. The first kappa shape index (κ1) is 16.1. The quantitative estimate of drug-likeness (QED) is 0.679. The monoisotopic (exact) mass is 341 g/mol. The fourth-order valence-electron chi connectivity index (χ4n) is 2.18. The summed E-state index contributed by atoms with van der Waals surface area (Å²) < 4.78 is 4.96. The van der Waals surface area contributed by atoms with Crippen molar-refractivity contribution in [2.75, 3.05) is 18.6 Å². The summed E-state index contributed by atoms with van der Waals surface area (Å²) in [7, 11) is 1.81. The average Bonchev–Trinajstić information content (AvgIpc) is 2.61. The summed E-state index contributed by atoms with van der Waals surface area (Å²) in [6.45, 7) is 2.10. The number of carbonyl (C=O) groups excluding carboxylic acids is 1. The molecule has 0 N–H and O–H groups in total. The predicted octanol–water partition coefficient (Wildman–Crippen LogP) is 3.00. The van der Waals surface area contributed by atoms with Crippen molar-refractivity contribution < 1.29 is 9.53 Å². The van der Waals surface area contributed by atoms with Gasteiger partial charge in [0, 0.05) is 18.9 Å². The van der Waals surface area contributed by atoms with Crippen molar-refractivity contribution in [2.45, 2.75) is 6.92 Å². The van der Waals surface area contributed by atoms with Gasteiger partial charge in [-0.05, 0) is 43.3 Å². The number of fused-ring (bicyclic) bond motifs is 1. The van der Waals surface area contributed by atoms with Gasteiger partial charge in [-0.3, -0.25) is 4.79 Å². The molecule has 24 heavy (non-hydrogen) atoms. The second-order valence-corrected chi connectivity index (χ2v) is 5.94. The highest BCUT2D eigenvalue weighted by Crippen LogP contribution is 2.27. The third-order valence-electron chi connectivity index (χ3n) is 3.44. The number of nitrogens with zero attached hydrogens (tertiary/aromatic N) is 3. The van der Waals surface area contributed by atoms with E-state index in [0.717, 1.165) is 5.69 Å². The highest BCUT2D eigenvalue weighted by molar-refractivity contribution is 7.21. The number of hydrogen-bond donors (Lipinski definition) is 0. The summed E-state index contributed by atoms with van der Waals surface area (Å²) in [6, 6.07) is 10.4. The van der Waals surface area contributed by atoms with E-state index >= 15 is 0 Å². The molecule has 6 nitrogen and oxygen atoms in total. The van der Waals surface area contributed by atoms with E-state index in [0.29, 0.717) is 27.5 Å². The van der Waals surface area contributed by atoms with Gasteiger partial charge in [-0.1, -0.05) is 11.3 Å². The molecule has 2 aromatic heterocycles. The number of carbonyl (C=O) groups is 1. The number of ether oxygens (including phenoxy) is 1. The molecule has 1 aromatic carbocycles. The van der Waals surface area contributed by atoms with Crippen LogP contribution in [0.4, 0.5) is 10.8 Å². The highest BCUT2D eigenvalue weighted by atomic mass is 32.1. The second-order valence-electron chi connectivity index (χ2n) is 4.98. The van der Waals surface area contributed by atoms with Crippen molar-refractivity contribution in [1.82, 2.24) is 9.97 Å². The number of benzene rings is 1. The van der Waals surface area contributed by atoms with Crippen LogP contribution in [0.5, 0.6) is 0 Å². The zero-order chi connectivity index (χ0) is 17.1. The third-order valence-corrected chi connectivity index (χ3v) is 4.51. The SMILES string of the molecule is CCOC(=O)c1ccc(N(C)c2nc(=O)c3cccnc3s2)cc1. The Labute approximate surface area is 142 Å². The Morgan fingerprint density at radius 1 is 1.25 bits per heavy atom. The Kier molecular flexibility index (Phi) is 4.52. The van der Waals surface area contributed by atoms with Crippen molar-refractivity contribution >= 4 is 38.3 Å². The van der Waals surface area contributed by atoms with E-state index in [4.69, 9.17) is 4.74 Å². The largest absolute Gasteiger partial charge is 0.462 e. The van der Waals surface area contributed by atoms with Gasteiger partial charge in [0.1, 0.15) is 4.83 Å². The van der Waals surface area contributed by atoms with Crippen molar-refractivity contribution in [1.29, 1.82) is 0 Å². The first-order valence-corrected chi connectivity index (χ1v) is 8.18. The van der Waals surface area contributed by atoms with Crippen LogP contribution in [0.1, 0.15) is 17.3 Å². The number of rotatable bonds is 4. The van der Waals surface area contributed by atoms with Gasteiger partial charge in [0.05, 0.1) is 17.6 Å². The predicted molar refractivity (Wildman–Crippen MR) is 94.1 cm³/mol. The van der Waals surface area contributed by atoms with Crippen molar-refractivity contribution in [3.63, 3.8) is 0 Å². The van der Waals surface area contributed by atoms with E-state index < -0.39 is 0 Å². The zero-order valence-corrected chi connectivity index (χ0v) is 14.0. The maximum Gasteiger partial charge on any atom is 0.338 e. The topological polar surface area (TPSA) is 72.4 Å². The molecule has 0 spiro atoms. The van der Waals surface area contributed by atoms with Gasteiger partial charge in [0.15, 0.2) is 5.13 Å². The summed E-state index contributed by atoms with van der Waals surface area (Å²) in [5, 5.41) is 1.05. The van der Waals surface area contributed by atoms with E-state index in [-0.39, 0.29) is 11.5 Å². The molecule has 0 saturated carbocycles. The van der Waals surface area contributed by atoms with E-state index in [2.05, 4.69) is 9.97 Å². The van der Waals surface area contributed by atoms with Gasteiger partial charge in [0.25, 0.3) is 5.56 Å². The van der Waals surface area contributed by atoms with Crippen molar-refractivity contribution in [3.8, 4) is 0 Å². The molecule has 2 heterocycles. The maximum absolute atomic E-state index is 12.1. The highest BCUT2D eigenvalue weighted by Gasteiger charge is 2.12. The Balaban J connectivity index is 1.93. The van der Waals surface area contributed by atoms with Gasteiger partial charge in [-0.25, -0.2) is 9.78 Å². The molecule has 0 saturated heterocycles. The molecule has 0 radical (unpaired) electrons. The minimum Gasteiger partial charge on any atom is -0.462 e. The van der Waals surface area contributed by atoms with E-state index in [9.17, 15) is 9.59 Å². The molecule has 0 atom stereocenters. The van der Waals surface area contributed by atoms with Gasteiger partial charge in [-0.2, -0.15) is 4.98 Å². The van der Waals surface area contributed by atoms with E-state index in [1.54, 1.807) is 54.4 Å². The zero-order valence-electron chi connectivity index (χ0n) is 13.2. The molecular weight excluding hydrogens is 326 g/mol. The van der Waals surface area contributed by atoms with Crippen LogP contribution in [0, 0.1) is 0 Å². The lowest BCUT2D eigenvalue weighted by molar-refractivity contribution is 0.0526. The average molecular weight is 341 g/mol. The maximum atomic E-state index is 12.1. The molecule has 0 fully saturated rings. The number of hydrogen-bond acceptors (Lipinski definition) is 7. The number of aromatic nitrogens is 2. The smallest absolute Gasteiger partial charge is 0.338 e. The second kappa shape index (κ2) is 6.76. The number of anilines is 2. The standard InChI is InChI=1S/C17H15N3O3S/c1-3-23-16(22)11-6-8-12(9-7-11)20(2)17-19-14(21)13-5-4-10-18-15(13)24-17/h4-10H,3H2,1-2H3. The minimum atomic E-state index is -0.357. The summed E-state index contributed by atoms with van der Waals surface area (Å²) in [4.78, 5) is 34.6. The van der Waals surface area contributed by atoms with Gasteiger partial charge < -0.3 is 9.64 Å². The molecule has 3 aromatic rings. The summed E-state index contributed by atoms with van der Waals surface area (Å²) in [5.74, 6) is -0.357. The Morgan fingerprint density at radius 2 is 2.00 bits per heavy atom. The van der Waals surface area contributed by atoms with Crippen LogP contribution < -0.4 is 10.5 Å². The Hall–Kier alpha value is -2.80. The molecule has 0 bridgehead atoms. The molecule has 0 amide bonds. The fraction of sp³-hybridized carbons (Fsp3) is 0.176. The number of pyridine rings is 1. The molecule has 122 valence electrons. The molecule has 0 aliphatic rings. The lowest BCUT2D eigenvalue weighted by Crippen LogP contribution is -2.16. The molecule has 0 unspecified atom stereocenters. The third kappa shape index (κ3) is 3.11. The molecule has 3 rings (SSSR count). The van der Waals surface area contributed by atoms with Gasteiger partial charge >= 0.3 is 5.97 Å². The summed E-state index contributed by atoms with van der Waals surface area (Å²) >= 11 is 1.33. The summed E-state index contributed by atoms with van der Waals surface area (Å²) in [6.07, 6.45) is 1.65. The van der Waals surface area contributed by atoms with Crippen LogP contribution in [0.2, 0.25) is 0 Å². The Bertz CT molecular complexity index is 938. The first-order valence-electron chi connectivity index (χ1n) is 7.37. The van der Waals surface area contributed by atoms with Crippen LogP contribution in [-0.4, -0.2) is 29.6 Å². The van der Waals surface area contributed by atoms with Crippen LogP contribution in [0.25, 0.3) is 10.2 Å². The van der Waals surface area contributed by atoms with Crippen LogP contribution in [0.3, 0.4) is 0 Å². The lowest BCUT2D eigenvalue weighted by Gasteiger charge is -2.17. The van der Waals surface area contributed by atoms with Crippen molar-refractivity contribution in [2.24, 2.45) is 0 Å². The first-order chi connectivity index (χ1) is 11.6. The molecule has 0 aliphatic heterocycles.